The Morgan fingerprint density at radius 2 is 0.902 bits per heavy atom. The fraction of sp³-hybridized carbons (Fsp3) is 0. The molecule has 0 saturated heterocycles. The van der Waals surface area contributed by atoms with Crippen molar-refractivity contribution in [3.05, 3.63) is 194 Å². The Balaban J connectivity index is 1.10. The number of nitrogens with zero attached hydrogens (tertiary/aromatic N) is 2. The van der Waals surface area contributed by atoms with Gasteiger partial charge in [-0.05, 0) is 77.4 Å². The second-order valence-corrected chi connectivity index (χ2v) is 12.9. The van der Waals surface area contributed by atoms with Gasteiger partial charge < -0.3 is 13.9 Å². The molecule has 2 aromatic heterocycles. The van der Waals surface area contributed by atoms with Crippen LogP contribution in [0, 0.1) is 0 Å². The molecule has 0 aliphatic carbocycles. The Morgan fingerprint density at radius 1 is 0.373 bits per heavy atom. The Labute approximate surface area is 295 Å². The molecule has 51 heavy (non-hydrogen) atoms. The minimum Gasteiger partial charge on any atom is -0.456 e. The average Bonchev–Trinajstić information content (AvgIpc) is 3.74. The van der Waals surface area contributed by atoms with Crippen molar-refractivity contribution in [2.75, 3.05) is 4.90 Å². The summed E-state index contributed by atoms with van der Waals surface area (Å²) in [6.07, 6.45) is 0. The molecular formula is C48H32N2O. The normalized spacial score (nSPS) is 11.5. The van der Waals surface area contributed by atoms with Crippen LogP contribution in [0.4, 0.5) is 17.1 Å². The van der Waals surface area contributed by atoms with Gasteiger partial charge in [0.1, 0.15) is 11.2 Å². The molecule has 10 rings (SSSR count). The summed E-state index contributed by atoms with van der Waals surface area (Å²) in [4.78, 5) is 2.29. The summed E-state index contributed by atoms with van der Waals surface area (Å²) in [5.41, 5.74) is 13.3. The number of rotatable bonds is 6. The van der Waals surface area contributed by atoms with Crippen LogP contribution in [0.15, 0.2) is 199 Å². The van der Waals surface area contributed by atoms with E-state index in [0.717, 1.165) is 50.2 Å². The minimum absolute atomic E-state index is 0.892. The SMILES string of the molecule is c1ccc(-c2c3c(cc4c2c2ccccc2n4-c2ccc(-c4ccc(N(c5ccccc5)c5ccccc5)cc4)cc2)oc2ccccc23)cc1. The number of furan rings is 1. The quantitative estimate of drug-likeness (QED) is 0.178. The van der Waals surface area contributed by atoms with E-state index in [1.165, 1.54) is 38.5 Å². The summed E-state index contributed by atoms with van der Waals surface area (Å²) in [6.45, 7) is 0. The molecule has 3 nitrogen and oxygen atoms in total. The lowest BCUT2D eigenvalue weighted by Crippen LogP contribution is -2.09. The molecule has 240 valence electrons. The standard InChI is InChI=1S/C48H32N2O/c1-4-14-35(15-5-1)46-47-40-20-10-12-22-42(40)50(43(47)32-45-48(46)41-21-11-13-23-44(41)51-45)39-30-26-34(27-31-39)33-24-28-38(29-25-33)49(36-16-6-2-7-17-36)37-18-8-3-9-19-37/h1-32H. The Hall–Kier alpha value is -6.84. The number of anilines is 3. The van der Waals surface area contributed by atoms with E-state index in [0.29, 0.717) is 0 Å². The zero-order valence-corrected chi connectivity index (χ0v) is 27.8. The number of hydrogen-bond donors (Lipinski definition) is 0. The van der Waals surface area contributed by atoms with Crippen molar-refractivity contribution in [2.24, 2.45) is 0 Å². The smallest absolute Gasteiger partial charge is 0.138 e. The van der Waals surface area contributed by atoms with E-state index in [1.807, 2.05) is 6.07 Å². The van der Waals surface area contributed by atoms with Gasteiger partial charge in [-0.15, -0.1) is 0 Å². The monoisotopic (exact) mass is 652 g/mol. The van der Waals surface area contributed by atoms with E-state index in [-0.39, 0.29) is 0 Å². The Morgan fingerprint density at radius 3 is 1.57 bits per heavy atom. The van der Waals surface area contributed by atoms with E-state index in [9.17, 15) is 0 Å². The van der Waals surface area contributed by atoms with Gasteiger partial charge in [0.05, 0.1) is 11.0 Å². The van der Waals surface area contributed by atoms with Crippen molar-refractivity contribution in [3.63, 3.8) is 0 Å². The summed E-state index contributed by atoms with van der Waals surface area (Å²) >= 11 is 0. The third-order valence-electron chi connectivity index (χ3n) is 9.98. The Kier molecular flexibility index (Phi) is 6.81. The van der Waals surface area contributed by atoms with E-state index >= 15 is 0 Å². The highest BCUT2D eigenvalue weighted by Gasteiger charge is 2.22. The fourth-order valence-electron chi connectivity index (χ4n) is 7.71. The lowest BCUT2D eigenvalue weighted by atomic mass is 9.94. The molecule has 0 bridgehead atoms. The molecule has 8 aromatic carbocycles. The molecule has 0 aliphatic rings. The largest absolute Gasteiger partial charge is 0.456 e. The number of hydrogen-bond acceptors (Lipinski definition) is 2. The van der Waals surface area contributed by atoms with Gasteiger partial charge in [-0.2, -0.15) is 0 Å². The second-order valence-electron chi connectivity index (χ2n) is 12.9. The summed E-state index contributed by atoms with van der Waals surface area (Å²) in [5, 5.41) is 4.75. The summed E-state index contributed by atoms with van der Waals surface area (Å²) in [6, 6.07) is 68.9. The average molecular weight is 653 g/mol. The first kappa shape index (κ1) is 29.1. The van der Waals surface area contributed by atoms with E-state index in [2.05, 4.69) is 198 Å². The predicted molar refractivity (Wildman–Crippen MR) is 214 cm³/mol. The maximum atomic E-state index is 6.55. The molecule has 0 amide bonds. The first-order valence-corrected chi connectivity index (χ1v) is 17.4. The molecule has 0 fully saturated rings. The van der Waals surface area contributed by atoms with Crippen molar-refractivity contribution >= 4 is 60.8 Å². The van der Waals surface area contributed by atoms with Gasteiger partial charge in [0.25, 0.3) is 0 Å². The van der Waals surface area contributed by atoms with Crippen LogP contribution in [-0.2, 0) is 0 Å². The van der Waals surface area contributed by atoms with Crippen LogP contribution in [-0.4, -0.2) is 4.57 Å². The summed E-state index contributed by atoms with van der Waals surface area (Å²) < 4.78 is 8.94. The van der Waals surface area contributed by atoms with Crippen molar-refractivity contribution in [1.29, 1.82) is 0 Å². The molecule has 0 N–H and O–H groups in total. The van der Waals surface area contributed by atoms with Crippen LogP contribution < -0.4 is 4.90 Å². The van der Waals surface area contributed by atoms with E-state index in [1.54, 1.807) is 0 Å². The van der Waals surface area contributed by atoms with Crippen molar-refractivity contribution in [2.45, 2.75) is 0 Å². The van der Waals surface area contributed by atoms with Gasteiger partial charge >= 0.3 is 0 Å². The predicted octanol–water partition coefficient (Wildman–Crippen LogP) is 13.5. The van der Waals surface area contributed by atoms with Gasteiger partial charge in [-0.3, -0.25) is 0 Å². The maximum Gasteiger partial charge on any atom is 0.138 e. The van der Waals surface area contributed by atoms with Crippen LogP contribution in [0.3, 0.4) is 0 Å². The van der Waals surface area contributed by atoms with E-state index in [4.69, 9.17) is 4.42 Å². The fourth-order valence-corrected chi connectivity index (χ4v) is 7.71. The molecule has 0 radical (unpaired) electrons. The molecule has 3 heteroatoms. The van der Waals surface area contributed by atoms with Crippen LogP contribution in [0.5, 0.6) is 0 Å². The summed E-state index contributed by atoms with van der Waals surface area (Å²) in [5.74, 6) is 0. The van der Waals surface area contributed by atoms with E-state index < -0.39 is 0 Å². The molecule has 0 unspecified atom stereocenters. The van der Waals surface area contributed by atoms with Crippen molar-refractivity contribution < 1.29 is 4.42 Å². The molecule has 2 heterocycles. The van der Waals surface area contributed by atoms with Gasteiger partial charge in [-0.25, -0.2) is 0 Å². The number of para-hydroxylation sites is 4. The van der Waals surface area contributed by atoms with Gasteiger partial charge in [0.2, 0.25) is 0 Å². The first-order chi connectivity index (χ1) is 25.3. The highest BCUT2D eigenvalue weighted by molar-refractivity contribution is 6.26. The molecule has 0 saturated carbocycles. The number of fused-ring (bicyclic) bond motifs is 6. The van der Waals surface area contributed by atoms with Crippen LogP contribution in [0.25, 0.3) is 71.7 Å². The third-order valence-corrected chi connectivity index (χ3v) is 9.98. The zero-order valence-electron chi connectivity index (χ0n) is 27.8. The van der Waals surface area contributed by atoms with Crippen LogP contribution in [0.2, 0.25) is 0 Å². The highest BCUT2D eigenvalue weighted by atomic mass is 16.3. The first-order valence-electron chi connectivity index (χ1n) is 17.4. The molecule has 0 atom stereocenters. The zero-order chi connectivity index (χ0) is 33.7. The van der Waals surface area contributed by atoms with Crippen LogP contribution in [0.1, 0.15) is 0 Å². The van der Waals surface area contributed by atoms with Gasteiger partial charge in [-0.1, -0.05) is 127 Å². The highest BCUT2D eigenvalue weighted by Crippen LogP contribution is 2.46. The maximum absolute atomic E-state index is 6.55. The second kappa shape index (κ2) is 11.9. The topological polar surface area (TPSA) is 21.3 Å². The van der Waals surface area contributed by atoms with Crippen molar-refractivity contribution in [1.82, 2.24) is 4.57 Å². The Bertz CT molecular complexity index is 2780. The van der Waals surface area contributed by atoms with Gasteiger partial charge in [0, 0.05) is 55.9 Å². The molecule has 10 aromatic rings. The molecule has 0 aliphatic heterocycles. The number of benzene rings is 8. The lowest BCUT2D eigenvalue weighted by molar-refractivity contribution is 0.669. The van der Waals surface area contributed by atoms with Crippen LogP contribution >= 0.6 is 0 Å². The minimum atomic E-state index is 0.892. The molecule has 0 spiro atoms. The number of aromatic nitrogens is 1. The third kappa shape index (κ3) is 4.82. The van der Waals surface area contributed by atoms with Gasteiger partial charge in [0.15, 0.2) is 0 Å². The lowest BCUT2D eigenvalue weighted by Gasteiger charge is -2.25. The summed E-state index contributed by atoms with van der Waals surface area (Å²) in [7, 11) is 0. The van der Waals surface area contributed by atoms with Crippen molar-refractivity contribution in [3.8, 4) is 27.9 Å². The molecular weight excluding hydrogens is 621 g/mol.